The molecule has 1 fully saturated rings. The van der Waals surface area contributed by atoms with Gasteiger partial charge >= 0.3 is 0 Å². The number of aliphatic hydroxyl groups excluding tert-OH is 1. The van der Waals surface area contributed by atoms with Gasteiger partial charge in [0.25, 0.3) is 0 Å². The predicted molar refractivity (Wildman–Crippen MR) is 90.8 cm³/mol. The first kappa shape index (κ1) is 18.0. The zero-order valence-electron chi connectivity index (χ0n) is 14.7. The Balaban J connectivity index is 2.02. The molecule has 5 nitrogen and oxygen atoms in total. The van der Waals surface area contributed by atoms with Crippen molar-refractivity contribution < 1.29 is 9.90 Å². The van der Waals surface area contributed by atoms with Gasteiger partial charge in [-0.25, -0.2) is 4.98 Å². The second-order valence-electron chi connectivity index (χ2n) is 6.80. The van der Waals surface area contributed by atoms with Crippen LogP contribution in [0.25, 0.3) is 0 Å². The summed E-state index contributed by atoms with van der Waals surface area (Å²) in [7, 11) is 1.90. The Labute approximate surface area is 139 Å². The van der Waals surface area contributed by atoms with E-state index in [2.05, 4.69) is 18.8 Å². The van der Waals surface area contributed by atoms with E-state index in [1.807, 2.05) is 22.7 Å². The first-order valence-corrected chi connectivity index (χ1v) is 9.02. The molecule has 1 aliphatic rings. The van der Waals surface area contributed by atoms with E-state index in [9.17, 15) is 9.90 Å². The van der Waals surface area contributed by atoms with Crippen molar-refractivity contribution in [3.8, 4) is 0 Å². The minimum Gasteiger partial charge on any atom is -0.385 e. The second kappa shape index (κ2) is 8.48. The number of piperidine rings is 1. The average Bonchev–Trinajstić information content (AvgIpc) is 2.99. The fraction of sp³-hybridized carbons (Fsp3) is 0.778. The van der Waals surface area contributed by atoms with Gasteiger partial charge in [-0.3, -0.25) is 4.79 Å². The first-order valence-electron chi connectivity index (χ1n) is 9.02. The Morgan fingerprint density at radius 2 is 2.09 bits per heavy atom. The maximum absolute atomic E-state index is 12.8. The maximum Gasteiger partial charge on any atom is 0.225 e. The van der Waals surface area contributed by atoms with Crippen LogP contribution in [-0.2, 0) is 11.8 Å². The molecule has 5 heteroatoms. The van der Waals surface area contributed by atoms with Crippen LogP contribution in [0.1, 0.15) is 64.3 Å². The third-order valence-corrected chi connectivity index (χ3v) is 4.96. The van der Waals surface area contributed by atoms with Crippen LogP contribution >= 0.6 is 0 Å². The summed E-state index contributed by atoms with van der Waals surface area (Å²) in [5.74, 6) is 1.21. The summed E-state index contributed by atoms with van der Waals surface area (Å²) in [6, 6.07) is 0. The monoisotopic (exact) mass is 321 g/mol. The van der Waals surface area contributed by atoms with E-state index >= 15 is 0 Å². The highest BCUT2D eigenvalue weighted by Crippen LogP contribution is 2.30. The molecule has 1 aliphatic heterocycles. The number of nitrogens with zero attached hydrogens (tertiary/aromatic N) is 3. The van der Waals surface area contributed by atoms with E-state index in [1.54, 1.807) is 6.20 Å². The Morgan fingerprint density at radius 3 is 2.65 bits per heavy atom. The van der Waals surface area contributed by atoms with Crippen LogP contribution in [-0.4, -0.2) is 38.6 Å². The van der Waals surface area contributed by atoms with Crippen LogP contribution in [0.4, 0.5) is 0 Å². The minimum absolute atomic E-state index is 0.0812. The van der Waals surface area contributed by atoms with Gasteiger partial charge < -0.3 is 14.6 Å². The normalized spacial score (nSPS) is 20.0. The summed E-state index contributed by atoms with van der Waals surface area (Å²) in [5, 5.41) is 10.6. The summed E-state index contributed by atoms with van der Waals surface area (Å²) in [5.41, 5.74) is 0. The third-order valence-electron chi connectivity index (χ3n) is 4.96. The molecule has 1 aromatic rings. The number of aryl methyl sites for hydroxylation is 1. The molecule has 0 bridgehead atoms. The molecule has 0 aromatic carbocycles. The van der Waals surface area contributed by atoms with Gasteiger partial charge in [-0.15, -0.1) is 0 Å². The number of hydrogen-bond donors (Lipinski definition) is 1. The molecular formula is C18H31N3O2. The molecule has 1 amide bonds. The van der Waals surface area contributed by atoms with E-state index in [0.717, 1.165) is 45.1 Å². The summed E-state index contributed by atoms with van der Waals surface area (Å²) < 4.78 is 1.86. The van der Waals surface area contributed by atoms with Crippen LogP contribution in [0.5, 0.6) is 0 Å². The van der Waals surface area contributed by atoms with E-state index in [1.165, 1.54) is 0 Å². The van der Waals surface area contributed by atoms with Crippen LogP contribution < -0.4 is 0 Å². The summed E-state index contributed by atoms with van der Waals surface area (Å²) in [6.45, 7) is 5.75. The number of imidazole rings is 1. The van der Waals surface area contributed by atoms with Crippen molar-refractivity contribution in [1.82, 2.24) is 14.5 Å². The van der Waals surface area contributed by atoms with E-state index in [0.29, 0.717) is 12.4 Å². The number of aliphatic hydroxyl groups is 1. The Bertz CT molecular complexity index is 494. The van der Waals surface area contributed by atoms with Crippen LogP contribution in [0.3, 0.4) is 0 Å². The highest BCUT2D eigenvalue weighted by molar-refractivity contribution is 5.78. The van der Waals surface area contributed by atoms with Crippen molar-refractivity contribution in [2.24, 2.45) is 18.9 Å². The molecule has 1 saturated heterocycles. The second-order valence-corrected chi connectivity index (χ2v) is 6.80. The highest BCUT2D eigenvalue weighted by Gasteiger charge is 2.33. The van der Waals surface area contributed by atoms with Gasteiger partial charge in [-0.2, -0.15) is 0 Å². The molecule has 2 heterocycles. The standard InChI is InChI=1S/C18H31N3O2/c1-4-7-14(8-5-2)18(23)21-11-6-9-15(13-21)16(22)17-19-10-12-20(17)3/h10,12,14-16,22H,4-9,11,13H2,1-3H3. The number of carbonyl (C=O) groups excluding carboxylic acids is 1. The van der Waals surface area contributed by atoms with Crippen molar-refractivity contribution in [3.63, 3.8) is 0 Å². The Kier molecular flexibility index (Phi) is 6.63. The topological polar surface area (TPSA) is 58.4 Å². The number of likely N-dealkylation sites (tertiary alicyclic amines) is 1. The van der Waals surface area contributed by atoms with Crippen molar-refractivity contribution >= 4 is 5.91 Å². The van der Waals surface area contributed by atoms with E-state index in [4.69, 9.17) is 0 Å². The van der Waals surface area contributed by atoms with Gasteiger partial charge in [0, 0.05) is 44.4 Å². The molecule has 0 radical (unpaired) electrons. The molecule has 1 aromatic heterocycles. The minimum atomic E-state index is -0.596. The van der Waals surface area contributed by atoms with Gasteiger partial charge in [0.2, 0.25) is 5.91 Å². The molecule has 0 spiro atoms. The molecule has 2 rings (SSSR count). The van der Waals surface area contributed by atoms with Crippen molar-refractivity contribution in [2.75, 3.05) is 13.1 Å². The number of carbonyl (C=O) groups is 1. The van der Waals surface area contributed by atoms with Crippen molar-refractivity contribution in [2.45, 2.75) is 58.5 Å². The third kappa shape index (κ3) is 4.34. The van der Waals surface area contributed by atoms with Gasteiger partial charge in [-0.05, 0) is 25.7 Å². The Morgan fingerprint density at radius 1 is 1.39 bits per heavy atom. The SMILES string of the molecule is CCCC(CCC)C(=O)N1CCCC(C(O)c2nccn2C)C1. The zero-order chi connectivity index (χ0) is 16.8. The lowest BCUT2D eigenvalue weighted by Crippen LogP contribution is -2.44. The fourth-order valence-electron chi connectivity index (χ4n) is 3.69. The summed E-state index contributed by atoms with van der Waals surface area (Å²) >= 11 is 0. The molecule has 2 atom stereocenters. The lowest BCUT2D eigenvalue weighted by atomic mass is 9.89. The smallest absolute Gasteiger partial charge is 0.225 e. The molecule has 0 aliphatic carbocycles. The van der Waals surface area contributed by atoms with Crippen LogP contribution in [0.2, 0.25) is 0 Å². The highest BCUT2D eigenvalue weighted by atomic mass is 16.3. The fourth-order valence-corrected chi connectivity index (χ4v) is 3.69. The van der Waals surface area contributed by atoms with Crippen LogP contribution in [0, 0.1) is 11.8 Å². The number of aromatic nitrogens is 2. The molecule has 23 heavy (non-hydrogen) atoms. The van der Waals surface area contributed by atoms with E-state index in [-0.39, 0.29) is 17.7 Å². The molecular weight excluding hydrogens is 290 g/mol. The zero-order valence-corrected chi connectivity index (χ0v) is 14.7. The summed E-state index contributed by atoms with van der Waals surface area (Å²) in [6.07, 6.45) is 8.90. The van der Waals surface area contributed by atoms with Crippen molar-refractivity contribution in [1.29, 1.82) is 0 Å². The number of amides is 1. The average molecular weight is 321 g/mol. The molecule has 2 unspecified atom stereocenters. The molecule has 130 valence electrons. The first-order chi connectivity index (χ1) is 11.1. The van der Waals surface area contributed by atoms with Gasteiger partial charge in [0.1, 0.15) is 11.9 Å². The Hall–Kier alpha value is -1.36. The number of rotatable bonds is 7. The van der Waals surface area contributed by atoms with Gasteiger partial charge in [0.15, 0.2) is 0 Å². The summed E-state index contributed by atoms with van der Waals surface area (Å²) in [4.78, 5) is 19.1. The number of hydrogen-bond acceptors (Lipinski definition) is 3. The largest absolute Gasteiger partial charge is 0.385 e. The van der Waals surface area contributed by atoms with Gasteiger partial charge in [0.05, 0.1) is 0 Å². The lowest BCUT2D eigenvalue weighted by Gasteiger charge is -2.36. The van der Waals surface area contributed by atoms with Gasteiger partial charge in [-0.1, -0.05) is 26.7 Å². The molecule has 1 N–H and O–H groups in total. The van der Waals surface area contributed by atoms with Crippen molar-refractivity contribution in [3.05, 3.63) is 18.2 Å². The quantitative estimate of drug-likeness (QED) is 0.840. The maximum atomic E-state index is 12.8. The predicted octanol–water partition coefficient (Wildman–Crippen LogP) is 2.91. The lowest BCUT2D eigenvalue weighted by molar-refractivity contribution is -0.139. The van der Waals surface area contributed by atoms with Crippen LogP contribution in [0.15, 0.2) is 12.4 Å². The molecule has 0 saturated carbocycles. The van der Waals surface area contributed by atoms with E-state index < -0.39 is 6.10 Å².